The van der Waals surface area contributed by atoms with E-state index in [-0.39, 0.29) is 12.3 Å². The lowest BCUT2D eigenvalue weighted by Gasteiger charge is -2.10. The van der Waals surface area contributed by atoms with Crippen LogP contribution in [-0.2, 0) is 17.8 Å². The standard InChI is InChI=1S/C29H24BrN3O3/c30-25-14-15-27(36-20-22-10-5-2-6-11-22)24(17-25)19-31-33-29(35)23-12-7-13-26(18-23)32-28(34)16-21-8-3-1-4-9-21/h1-15,17-19H,16,20H2,(H,32,34)(H,33,35)/b31-19-. The molecular weight excluding hydrogens is 518 g/mol. The molecule has 0 aliphatic heterocycles. The number of benzene rings is 4. The van der Waals surface area contributed by atoms with Crippen LogP contribution in [0.3, 0.4) is 0 Å². The van der Waals surface area contributed by atoms with E-state index in [2.05, 4.69) is 31.8 Å². The molecule has 0 unspecified atom stereocenters. The number of rotatable bonds is 9. The van der Waals surface area contributed by atoms with Gasteiger partial charge in [0.2, 0.25) is 5.91 Å². The fourth-order valence-corrected chi connectivity index (χ4v) is 3.82. The Hall–Kier alpha value is -4.23. The van der Waals surface area contributed by atoms with Crippen molar-refractivity contribution in [2.75, 3.05) is 5.32 Å². The van der Waals surface area contributed by atoms with Crippen LogP contribution < -0.4 is 15.5 Å². The molecule has 7 heteroatoms. The molecule has 0 atom stereocenters. The Morgan fingerprint density at radius 1 is 0.833 bits per heavy atom. The largest absolute Gasteiger partial charge is 0.488 e. The second-order valence-electron chi connectivity index (χ2n) is 7.95. The average molecular weight is 542 g/mol. The van der Waals surface area contributed by atoms with Gasteiger partial charge in [0, 0.05) is 21.3 Å². The lowest BCUT2D eigenvalue weighted by molar-refractivity contribution is -0.115. The maximum atomic E-state index is 12.6. The molecule has 0 aliphatic carbocycles. The molecule has 0 fully saturated rings. The maximum Gasteiger partial charge on any atom is 0.271 e. The number of hydrogen-bond donors (Lipinski definition) is 2. The fraction of sp³-hybridized carbons (Fsp3) is 0.0690. The van der Waals surface area contributed by atoms with Crippen molar-refractivity contribution in [3.05, 3.63) is 130 Å². The molecule has 4 aromatic carbocycles. The summed E-state index contributed by atoms with van der Waals surface area (Å²) in [6.45, 7) is 0.415. The van der Waals surface area contributed by atoms with Gasteiger partial charge >= 0.3 is 0 Å². The van der Waals surface area contributed by atoms with Gasteiger partial charge in [0.05, 0.1) is 12.6 Å². The Bertz CT molecular complexity index is 1360. The number of hydrazone groups is 1. The van der Waals surface area contributed by atoms with E-state index in [0.29, 0.717) is 29.2 Å². The van der Waals surface area contributed by atoms with Crippen LogP contribution >= 0.6 is 15.9 Å². The summed E-state index contributed by atoms with van der Waals surface area (Å²) in [5.74, 6) is 0.0878. The SMILES string of the molecule is O=C(Cc1ccccc1)Nc1cccc(C(=O)N/N=C\c2cc(Br)ccc2OCc2ccccc2)c1. The first kappa shape index (κ1) is 24.9. The van der Waals surface area contributed by atoms with Gasteiger partial charge in [0.15, 0.2) is 0 Å². The summed E-state index contributed by atoms with van der Waals surface area (Å²) in [6.07, 6.45) is 1.79. The van der Waals surface area contributed by atoms with Crippen molar-refractivity contribution in [3.8, 4) is 5.75 Å². The first-order chi connectivity index (χ1) is 17.6. The van der Waals surface area contributed by atoms with E-state index >= 15 is 0 Å². The van der Waals surface area contributed by atoms with Crippen molar-refractivity contribution in [2.24, 2.45) is 5.10 Å². The topological polar surface area (TPSA) is 79.8 Å². The number of nitrogens with one attached hydrogen (secondary N) is 2. The lowest BCUT2D eigenvalue weighted by atomic mass is 10.1. The van der Waals surface area contributed by atoms with Gasteiger partial charge in [0.25, 0.3) is 5.91 Å². The predicted molar refractivity (Wildman–Crippen MR) is 145 cm³/mol. The molecule has 0 saturated heterocycles. The van der Waals surface area contributed by atoms with Gasteiger partial charge in [-0.3, -0.25) is 9.59 Å². The Morgan fingerprint density at radius 2 is 1.56 bits per heavy atom. The second-order valence-corrected chi connectivity index (χ2v) is 8.86. The van der Waals surface area contributed by atoms with E-state index in [9.17, 15) is 9.59 Å². The van der Waals surface area contributed by atoms with Gasteiger partial charge in [-0.2, -0.15) is 5.10 Å². The van der Waals surface area contributed by atoms with Gasteiger partial charge in [-0.05, 0) is 47.5 Å². The number of nitrogens with zero attached hydrogens (tertiary/aromatic N) is 1. The molecule has 0 aliphatic rings. The monoisotopic (exact) mass is 541 g/mol. The summed E-state index contributed by atoms with van der Waals surface area (Å²) in [4.78, 5) is 25.0. The summed E-state index contributed by atoms with van der Waals surface area (Å²) in [7, 11) is 0. The smallest absolute Gasteiger partial charge is 0.271 e. The molecule has 0 bridgehead atoms. The van der Waals surface area contributed by atoms with Crippen LogP contribution in [0.5, 0.6) is 5.75 Å². The van der Waals surface area contributed by atoms with Crippen molar-refractivity contribution in [2.45, 2.75) is 13.0 Å². The molecule has 180 valence electrons. The zero-order valence-corrected chi connectivity index (χ0v) is 20.9. The number of halogens is 1. The van der Waals surface area contributed by atoms with Gasteiger partial charge in [0.1, 0.15) is 12.4 Å². The van der Waals surface area contributed by atoms with Gasteiger partial charge in [-0.15, -0.1) is 0 Å². The van der Waals surface area contributed by atoms with Crippen molar-refractivity contribution < 1.29 is 14.3 Å². The average Bonchev–Trinajstić information content (AvgIpc) is 2.89. The molecule has 0 radical (unpaired) electrons. The van der Waals surface area contributed by atoms with Gasteiger partial charge < -0.3 is 10.1 Å². The van der Waals surface area contributed by atoms with Gasteiger partial charge in [-0.25, -0.2) is 5.43 Å². The minimum Gasteiger partial charge on any atom is -0.488 e. The Morgan fingerprint density at radius 3 is 2.31 bits per heavy atom. The Kier molecular flexibility index (Phi) is 8.62. The number of anilines is 1. The summed E-state index contributed by atoms with van der Waals surface area (Å²) in [5.41, 5.74) is 6.12. The lowest BCUT2D eigenvalue weighted by Crippen LogP contribution is -2.19. The van der Waals surface area contributed by atoms with Crippen LogP contribution in [0.2, 0.25) is 0 Å². The number of amides is 2. The molecular formula is C29H24BrN3O3. The molecule has 6 nitrogen and oxygen atoms in total. The number of carbonyl (C=O) groups excluding carboxylic acids is 2. The minimum absolute atomic E-state index is 0.158. The molecule has 2 amide bonds. The van der Waals surface area contributed by atoms with E-state index in [1.807, 2.05) is 78.9 Å². The van der Waals surface area contributed by atoms with Crippen LogP contribution in [0.4, 0.5) is 5.69 Å². The minimum atomic E-state index is -0.396. The highest BCUT2D eigenvalue weighted by Gasteiger charge is 2.09. The van der Waals surface area contributed by atoms with Gasteiger partial charge in [-0.1, -0.05) is 82.7 Å². The third-order valence-electron chi connectivity index (χ3n) is 5.19. The number of ether oxygens (including phenoxy) is 1. The van der Waals surface area contributed by atoms with E-state index in [1.165, 1.54) is 6.21 Å². The van der Waals surface area contributed by atoms with Crippen molar-refractivity contribution in [1.29, 1.82) is 0 Å². The Balaban J connectivity index is 1.37. The maximum absolute atomic E-state index is 12.6. The number of carbonyl (C=O) groups is 2. The van der Waals surface area contributed by atoms with Crippen LogP contribution in [-0.4, -0.2) is 18.0 Å². The van der Waals surface area contributed by atoms with Crippen molar-refractivity contribution in [3.63, 3.8) is 0 Å². The van der Waals surface area contributed by atoms with E-state index in [0.717, 1.165) is 15.6 Å². The molecule has 36 heavy (non-hydrogen) atoms. The zero-order valence-electron chi connectivity index (χ0n) is 19.4. The highest BCUT2D eigenvalue weighted by molar-refractivity contribution is 9.10. The summed E-state index contributed by atoms with van der Waals surface area (Å²) < 4.78 is 6.81. The van der Waals surface area contributed by atoms with E-state index in [4.69, 9.17) is 4.74 Å². The number of hydrogen-bond acceptors (Lipinski definition) is 4. The molecule has 0 heterocycles. The summed E-state index contributed by atoms with van der Waals surface area (Å²) >= 11 is 3.46. The highest BCUT2D eigenvalue weighted by atomic mass is 79.9. The first-order valence-corrected chi connectivity index (χ1v) is 12.1. The predicted octanol–water partition coefficient (Wildman–Crippen LogP) is 5.97. The van der Waals surface area contributed by atoms with E-state index < -0.39 is 5.91 Å². The van der Waals surface area contributed by atoms with Crippen molar-refractivity contribution >= 4 is 39.6 Å². The molecule has 4 rings (SSSR count). The normalized spacial score (nSPS) is 10.7. The second kappa shape index (κ2) is 12.5. The molecule has 0 aromatic heterocycles. The van der Waals surface area contributed by atoms with Crippen LogP contribution in [0.1, 0.15) is 27.0 Å². The summed E-state index contributed by atoms with van der Waals surface area (Å²) in [5, 5.41) is 6.94. The first-order valence-electron chi connectivity index (χ1n) is 11.3. The quantitative estimate of drug-likeness (QED) is 0.202. The highest BCUT2D eigenvalue weighted by Crippen LogP contribution is 2.23. The van der Waals surface area contributed by atoms with Crippen LogP contribution in [0.15, 0.2) is 113 Å². The van der Waals surface area contributed by atoms with E-state index in [1.54, 1.807) is 24.3 Å². The molecule has 0 spiro atoms. The Labute approximate surface area is 218 Å². The molecule has 2 N–H and O–H groups in total. The fourth-order valence-electron chi connectivity index (χ4n) is 3.44. The third kappa shape index (κ3) is 7.38. The summed E-state index contributed by atoms with van der Waals surface area (Å²) in [6, 6.07) is 31.6. The molecule has 4 aromatic rings. The van der Waals surface area contributed by atoms with Crippen molar-refractivity contribution in [1.82, 2.24) is 5.43 Å². The van der Waals surface area contributed by atoms with Crippen LogP contribution in [0, 0.1) is 0 Å². The molecule has 0 saturated carbocycles. The third-order valence-corrected chi connectivity index (χ3v) is 5.69. The zero-order chi connectivity index (χ0) is 25.2. The van der Waals surface area contributed by atoms with Crippen LogP contribution in [0.25, 0.3) is 0 Å².